The van der Waals surface area contributed by atoms with E-state index < -0.39 is 17.5 Å². The monoisotopic (exact) mass is 600 g/mol. The highest BCUT2D eigenvalue weighted by Crippen LogP contribution is 2.44. The number of benzene rings is 2. The first kappa shape index (κ1) is 27.4. The molecule has 4 aliphatic heterocycles. The summed E-state index contributed by atoms with van der Waals surface area (Å²) in [6, 6.07) is 9.36. The number of hydrogen-bond donors (Lipinski definition) is 1. The molecule has 2 aromatic carbocycles. The predicted octanol–water partition coefficient (Wildman–Crippen LogP) is 4.64. The Kier molecular flexibility index (Phi) is 6.54. The lowest BCUT2D eigenvalue weighted by Gasteiger charge is -2.40. The molecular weight excluding hydrogens is 569 g/mol. The molecule has 0 saturated carbocycles. The van der Waals surface area contributed by atoms with Crippen LogP contribution in [0.15, 0.2) is 36.4 Å². The topological polar surface area (TPSA) is 75.6 Å². The number of aromatic nitrogens is 3. The number of rotatable bonds is 5. The first-order valence-electron chi connectivity index (χ1n) is 15.1. The van der Waals surface area contributed by atoms with Crippen molar-refractivity contribution < 1.29 is 22.6 Å². The number of anilines is 1. The fraction of sp³-hybridized carbons (Fsp3) is 0.424. The van der Waals surface area contributed by atoms with Gasteiger partial charge in [0.15, 0.2) is 5.82 Å². The average Bonchev–Trinajstić information content (AvgIpc) is 3.49. The van der Waals surface area contributed by atoms with Crippen LogP contribution in [-0.4, -0.2) is 83.0 Å². The second-order valence-corrected chi connectivity index (χ2v) is 12.2. The van der Waals surface area contributed by atoms with Crippen molar-refractivity contribution in [3.05, 3.63) is 48.0 Å². The van der Waals surface area contributed by atoms with Crippen LogP contribution in [-0.2, 0) is 0 Å². The van der Waals surface area contributed by atoms with Crippen LogP contribution in [0.1, 0.15) is 25.7 Å². The van der Waals surface area contributed by atoms with Crippen LogP contribution in [0.25, 0.3) is 32.9 Å². The number of ether oxygens (including phenoxy) is 2. The summed E-state index contributed by atoms with van der Waals surface area (Å²) in [6.45, 7) is 2.91. The third-order valence-corrected chi connectivity index (χ3v) is 9.67. The number of halogens is 3. The van der Waals surface area contributed by atoms with E-state index in [9.17, 15) is 8.78 Å². The van der Waals surface area contributed by atoms with Gasteiger partial charge in [0.05, 0.1) is 11.6 Å². The molecule has 44 heavy (non-hydrogen) atoms. The number of fused-ring (bicyclic) bond motifs is 4. The summed E-state index contributed by atoms with van der Waals surface area (Å²) in [5.41, 5.74) is 0.122. The van der Waals surface area contributed by atoms with Gasteiger partial charge in [-0.2, -0.15) is 9.97 Å². The quantitative estimate of drug-likeness (QED) is 0.332. The molecule has 4 aromatic rings. The molecule has 4 atom stereocenters. The molecule has 0 unspecified atom stereocenters. The molecule has 226 valence electrons. The maximum Gasteiger partial charge on any atom is 0.319 e. The Hall–Kier alpha value is -4.14. The van der Waals surface area contributed by atoms with Crippen LogP contribution in [0.4, 0.5) is 19.0 Å². The van der Waals surface area contributed by atoms with Crippen LogP contribution in [0, 0.1) is 24.0 Å². The maximum absolute atomic E-state index is 16.8. The number of hydrogen-bond acceptors (Lipinski definition) is 8. The molecule has 2 aromatic heterocycles. The summed E-state index contributed by atoms with van der Waals surface area (Å²) in [5.74, 6) is 2.39. The lowest BCUT2D eigenvalue weighted by Crippen LogP contribution is -2.60. The number of nitrogens with zero attached hydrogens (tertiary/aromatic N) is 5. The molecule has 1 N–H and O–H groups in total. The van der Waals surface area contributed by atoms with Crippen molar-refractivity contribution in [3.63, 3.8) is 0 Å². The van der Waals surface area contributed by atoms with Crippen molar-refractivity contribution >= 4 is 27.5 Å². The van der Waals surface area contributed by atoms with Gasteiger partial charge in [-0.1, -0.05) is 24.3 Å². The van der Waals surface area contributed by atoms with Gasteiger partial charge in [-0.25, -0.2) is 18.2 Å². The lowest BCUT2D eigenvalue weighted by atomic mass is 9.95. The minimum absolute atomic E-state index is 0.0192. The summed E-state index contributed by atoms with van der Waals surface area (Å²) in [7, 11) is 0. The molecular formula is C33H31F3N6O2. The molecule has 0 spiro atoms. The van der Waals surface area contributed by atoms with E-state index in [4.69, 9.17) is 25.9 Å². The van der Waals surface area contributed by atoms with Gasteiger partial charge >= 0.3 is 6.01 Å². The molecule has 0 amide bonds. The summed E-state index contributed by atoms with van der Waals surface area (Å²) < 4.78 is 57.9. The highest BCUT2D eigenvalue weighted by Gasteiger charge is 2.49. The van der Waals surface area contributed by atoms with Crippen LogP contribution in [0.3, 0.4) is 0 Å². The zero-order valence-corrected chi connectivity index (χ0v) is 24.0. The normalized spacial score (nSPS) is 26.2. The van der Waals surface area contributed by atoms with E-state index in [-0.39, 0.29) is 54.2 Å². The lowest BCUT2D eigenvalue weighted by molar-refractivity contribution is 0.107. The van der Waals surface area contributed by atoms with Gasteiger partial charge in [0.2, 0.25) is 5.88 Å². The molecule has 0 aliphatic carbocycles. The average molecular weight is 601 g/mol. The third kappa shape index (κ3) is 4.34. The van der Waals surface area contributed by atoms with E-state index in [1.807, 2.05) is 0 Å². The standard InChI is InChI=1S/C33H31F3N6O2/c1-2-5-24-25-17-43-31-26-29(27(36)28(38-31)23-7-3-6-19-14-20(34)8-9-22(19)23)39-32(40-30(26)42(25)13-11-37-24)44-18-33-10-4-12-41(33)16-21(35)15-33/h1,3,6-9,14,21,24-25,37H,4-5,10-13,15-18H2/t21-,24+,25-,33+/m1/s1. The Morgan fingerprint density at radius 2 is 2.07 bits per heavy atom. The highest BCUT2D eigenvalue weighted by molar-refractivity contribution is 6.01. The van der Waals surface area contributed by atoms with Crippen molar-refractivity contribution in [3.8, 4) is 35.5 Å². The van der Waals surface area contributed by atoms with Crippen LogP contribution >= 0.6 is 0 Å². The van der Waals surface area contributed by atoms with E-state index in [2.05, 4.69) is 26.0 Å². The van der Waals surface area contributed by atoms with Gasteiger partial charge in [0.1, 0.15) is 47.6 Å². The molecule has 8 rings (SSSR count). The van der Waals surface area contributed by atoms with Crippen molar-refractivity contribution in [1.29, 1.82) is 0 Å². The van der Waals surface area contributed by atoms with Gasteiger partial charge in [-0.05, 0) is 42.3 Å². The number of nitrogens with one attached hydrogen (secondary N) is 1. The smallest absolute Gasteiger partial charge is 0.319 e. The Morgan fingerprint density at radius 1 is 1.16 bits per heavy atom. The SMILES string of the molecule is C#CC[C@@H]1NCCN2c3nc(OC[C@@]45CCCN4C[C@H](F)C5)nc4c(F)c(-c5cccc6cc(F)ccc56)nc(c34)OC[C@H]12. The van der Waals surface area contributed by atoms with Gasteiger partial charge in [0, 0.05) is 44.1 Å². The van der Waals surface area contributed by atoms with E-state index >= 15 is 4.39 Å². The van der Waals surface area contributed by atoms with Crippen molar-refractivity contribution in [2.24, 2.45) is 0 Å². The molecule has 3 saturated heterocycles. The third-order valence-electron chi connectivity index (χ3n) is 9.67. The van der Waals surface area contributed by atoms with Crippen molar-refractivity contribution in [2.45, 2.75) is 49.5 Å². The molecule has 8 nitrogen and oxygen atoms in total. The largest absolute Gasteiger partial charge is 0.475 e. The number of piperazine rings is 1. The molecule has 0 radical (unpaired) electrons. The second kappa shape index (κ2) is 10.5. The summed E-state index contributed by atoms with van der Waals surface area (Å²) >= 11 is 0. The first-order valence-corrected chi connectivity index (χ1v) is 15.1. The van der Waals surface area contributed by atoms with E-state index in [0.29, 0.717) is 60.0 Å². The van der Waals surface area contributed by atoms with E-state index in [1.165, 1.54) is 12.1 Å². The zero-order valence-electron chi connectivity index (χ0n) is 24.0. The van der Waals surface area contributed by atoms with Gasteiger partial charge in [-0.3, -0.25) is 4.90 Å². The van der Waals surface area contributed by atoms with Gasteiger partial charge < -0.3 is 19.7 Å². The summed E-state index contributed by atoms with van der Waals surface area (Å²) in [6.07, 6.45) is 7.46. The Balaban J connectivity index is 1.29. The Morgan fingerprint density at radius 3 is 2.95 bits per heavy atom. The van der Waals surface area contributed by atoms with Crippen LogP contribution in [0.5, 0.6) is 11.9 Å². The summed E-state index contributed by atoms with van der Waals surface area (Å²) in [5, 5.41) is 5.10. The molecule has 3 fully saturated rings. The fourth-order valence-electron chi connectivity index (χ4n) is 7.63. The Labute approximate surface area is 252 Å². The molecule has 0 bridgehead atoms. The minimum atomic E-state index is -0.907. The molecule has 11 heteroatoms. The van der Waals surface area contributed by atoms with Gasteiger partial charge in [0.25, 0.3) is 0 Å². The fourth-order valence-corrected chi connectivity index (χ4v) is 7.63. The van der Waals surface area contributed by atoms with Crippen LogP contribution in [0.2, 0.25) is 0 Å². The van der Waals surface area contributed by atoms with E-state index in [0.717, 1.165) is 19.4 Å². The van der Waals surface area contributed by atoms with Crippen molar-refractivity contribution in [1.82, 2.24) is 25.2 Å². The number of terminal acetylenes is 1. The number of pyridine rings is 1. The molecule has 4 aliphatic rings. The second-order valence-electron chi connectivity index (χ2n) is 12.2. The maximum atomic E-state index is 16.8. The van der Waals surface area contributed by atoms with E-state index in [1.54, 1.807) is 24.3 Å². The summed E-state index contributed by atoms with van der Waals surface area (Å²) in [4.78, 5) is 18.4. The minimum Gasteiger partial charge on any atom is -0.475 e. The molecule has 6 heterocycles. The zero-order chi connectivity index (χ0) is 30.0. The van der Waals surface area contributed by atoms with Crippen molar-refractivity contribution in [2.75, 3.05) is 44.3 Å². The Bertz CT molecular complexity index is 1830. The predicted molar refractivity (Wildman–Crippen MR) is 161 cm³/mol. The highest BCUT2D eigenvalue weighted by atomic mass is 19.1. The number of alkyl halides is 1. The van der Waals surface area contributed by atoms with Crippen LogP contribution < -0.4 is 19.7 Å². The first-order chi connectivity index (χ1) is 21.4. The van der Waals surface area contributed by atoms with Gasteiger partial charge in [-0.15, -0.1) is 12.3 Å².